The van der Waals surface area contributed by atoms with Crippen molar-refractivity contribution in [3.05, 3.63) is 54.7 Å². The average molecular weight is 408 g/mol. The second kappa shape index (κ2) is 7.51. The third-order valence-electron chi connectivity index (χ3n) is 5.62. The van der Waals surface area contributed by atoms with Crippen LogP contribution in [0.2, 0.25) is 0 Å². The fraction of sp³-hybridized carbons (Fsp3) is 0.217. The fourth-order valence-corrected chi connectivity index (χ4v) is 3.95. The molecule has 1 aliphatic heterocycles. The molecule has 0 saturated carbocycles. The van der Waals surface area contributed by atoms with Crippen LogP contribution >= 0.6 is 0 Å². The summed E-state index contributed by atoms with van der Waals surface area (Å²) in [5, 5.41) is 18.2. The highest BCUT2D eigenvalue weighted by atomic mass is 15.3. The summed E-state index contributed by atoms with van der Waals surface area (Å²) in [4.78, 5) is 8.93. The van der Waals surface area contributed by atoms with Gasteiger partial charge in [0.15, 0.2) is 0 Å². The van der Waals surface area contributed by atoms with Crippen LogP contribution in [0.15, 0.2) is 49.2 Å². The predicted octanol–water partition coefficient (Wildman–Crippen LogP) is 2.38. The number of anilines is 1. The molecule has 31 heavy (non-hydrogen) atoms. The first-order valence-electron chi connectivity index (χ1n) is 9.99. The molecule has 0 amide bonds. The maximum atomic E-state index is 9.58. The molecule has 1 aliphatic rings. The van der Waals surface area contributed by atoms with Crippen LogP contribution in [-0.4, -0.2) is 55.5 Å². The zero-order valence-corrected chi connectivity index (χ0v) is 17.1. The normalized spacial score (nSPS) is 13.9. The molecule has 0 aromatic carbocycles. The zero-order chi connectivity index (χ0) is 21.4. The Kier molecular flexibility index (Phi) is 4.53. The van der Waals surface area contributed by atoms with Crippen LogP contribution in [0.3, 0.4) is 0 Å². The van der Waals surface area contributed by atoms with Crippen LogP contribution in [0.1, 0.15) is 5.56 Å². The number of pyridine rings is 2. The Morgan fingerprint density at radius 3 is 2.45 bits per heavy atom. The van der Waals surface area contributed by atoms with Gasteiger partial charge in [0, 0.05) is 80.1 Å². The molecule has 0 spiro atoms. The van der Waals surface area contributed by atoms with Crippen molar-refractivity contribution in [2.45, 2.75) is 0 Å². The zero-order valence-electron chi connectivity index (χ0n) is 17.1. The quantitative estimate of drug-likeness (QED) is 0.485. The van der Waals surface area contributed by atoms with Gasteiger partial charge in [-0.05, 0) is 18.2 Å². The van der Waals surface area contributed by atoms with Crippen molar-refractivity contribution >= 4 is 11.3 Å². The van der Waals surface area contributed by atoms with Gasteiger partial charge in [-0.1, -0.05) is 6.42 Å². The highest BCUT2D eigenvalue weighted by molar-refractivity contribution is 5.87. The summed E-state index contributed by atoms with van der Waals surface area (Å²) < 4.78 is 3.52. The fourth-order valence-electron chi connectivity index (χ4n) is 3.95. The van der Waals surface area contributed by atoms with Gasteiger partial charge in [-0.2, -0.15) is 15.5 Å². The number of hydrogen-bond donors (Lipinski definition) is 0. The number of rotatable bonds is 3. The Morgan fingerprint density at radius 1 is 0.968 bits per heavy atom. The number of piperazine rings is 1. The lowest BCUT2D eigenvalue weighted by atomic mass is 10.0. The predicted molar refractivity (Wildman–Crippen MR) is 118 cm³/mol. The van der Waals surface area contributed by atoms with Crippen molar-refractivity contribution in [1.82, 2.24) is 29.3 Å². The molecule has 0 aliphatic carbocycles. The van der Waals surface area contributed by atoms with Crippen molar-refractivity contribution in [2.24, 2.45) is 7.05 Å². The number of fused-ring (bicyclic) bond motifs is 1. The van der Waals surface area contributed by atoms with Crippen LogP contribution in [-0.2, 0) is 7.05 Å². The minimum Gasteiger partial charge on any atom is -0.353 e. The first kappa shape index (κ1) is 18.7. The van der Waals surface area contributed by atoms with Gasteiger partial charge >= 0.3 is 0 Å². The Bertz CT molecular complexity index is 1320. The Morgan fingerprint density at radius 2 is 1.81 bits per heavy atom. The van der Waals surface area contributed by atoms with Gasteiger partial charge in [-0.15, -0.1) is 0 Å². The number of hydrogen-bond acceptors (Lipinski definition) is 6. The van der Waals surface area contributed by atoms with Crippen LogP contribution in [0.25, 0.3) is 27.8 Å². The van der Waals surface area contributed by atoms with Crippen LogP contribution in [0, 0.1) is 23.8 Å². The van der Waals surface area contributed by atoms with Crippen molar-refractivity contribution in [1.29, 1.82) is 5.26 Å². The third-order valence-corrected chi connectivity index (χ3v) is 5.62. The topological polar surface area (TPSA) is 78.3 Å². The minimum absolute atomic E-state index is 0.530. The van der Waals surface area contributed by atoms with E-state index in [1.54, 1.807) is 15.4 Å². The average Bonchev–Trinajstić information content (AvgIpc) is 3.44. The molecule has 5 rings (SSSR count). The van der Waals surface area contributed by atoms with E-state index in [2.05, 4.69) is 33.3 Å². The monoisotopic (exact) mass is 408 g/mol. The first-order chi connectivity index (χ1) is 15.2. The molecule has 4 aromatic rings. The number of aromatic nitrogens is 5. The number of terminal acetylenes is 1. The molecule has 0 N–H and O–H groups in total. The van der Waals surface area contributed by atoms with Gasteiger partial charge in [-0.3, -0.25) is 4.68 Å². The number of nitrogens with zero attached hydrogens (tertiary/aromatic N) is 8. The summed E-state index contributed by atoms with van der Waals surface area (Å²) in [5.74, 6) is 0.925. The Hall–Kier alpha value is -4.30. The van der Waals surface area contributed by atoms with Crippen LogP contribution in [0.5, 0.6) is 0 Å². The van der Waals surface area contributed by atoms with E-state index in [1.165, 1.54) is 0 Å². The van der Waals surface area contributed by atoms with E-state index in [0.29, 0.717) is 5.56 Å². The second-order valence-corrected chi connectivity index (χ2v) is 7.52. The lowest BCUT2D eigenvalue weighted by molar-refractivity contribution is 0.368. The number of aryl methyl sites for hydroxylation is 1. The molecule has 1 fully saturated rings. The molecular formula is C23H20N8. The lowest BCUT2D eigenvalue weighted by Crippen LogP contribution is -2.44. The summed E-state index contributed by atoms with van der Waals surface area (Å²) in [7, 11) is 1.89. The molecule has 8 heteroatoms. The van der Waals surface area contributed by atoms with E-state index in [9.17, 15) is 5.26 Å². The van der Waals surface area contributed by atoms with Crippen molar-refractivity contribution in [3.8, 4) is 40.8 Å². The highest BCUT2D eigenvalue weighted by Gasteiger charge is 2.18. The summed E-state index contributed by atoms with van der Waals surface area (Å²) in [6, 6.07) is 11.1. The molecule has 8 nitrogen and oxygen atoms in total. The van der Waals surface area contributed by atoms with Crippen molar-refractivity contribution < 1.29 is 0 Å². The van der Waals surface area contributed by atoms with Gasteiger partial charge in [0.1, 0.15) is 11.9 Å². The van der Waals surface area contributed by atoms with Gasteiger partial charge in [0.05, 0.1) is 23.5 Å². The molecular weight excluding hydrogens is 388 g/mol. The molecule has 0 unspecified atom stereocenters. The van der Waals surface area contributed by atoms with E-state index in [0.717, 1.165) is 59.8 Å². The number of nitriles is 1. The maximum Gasteiger partial charge on any atom is 0.128 e. The summed E-state index contributed by atoms with van der Waals surface area (Å²) >= 11 is 0. The van der Waals surface area contributed by atoms with Gasteiger partial charge in [-0.25, -0.2) is 9.50 Å². The Labute approximate surface area is 180 Å². The molecule has 4 aromatic heterocycles. The minimum atomic E-state index is 0.530. The van der Waals surface area contributed by atoms with Crippen molar-refractivity contribution in [2.75, 3.05) is 31.1 Å². The van der Waals surface area contributed by atoms with Gasteiger partial charge in [0.2, 0.25) is 0 Å². The van der Waals surface area contributed by atoms with Gasteiger partial charge < -0.3 is 9.80 Å². The van der Waals surface area contributed by atoms with Crippen molar-refractivity contribution in [3.63, 3.8) is 0 Å². The largest absolute Gasteiger partial charge is 0.353 e. The van der Waals surface area contributed by atoms with E-state index >= 15 is 0 Å². The summed E-state index contributed by atoms with van der Waals surface area (Å²) in [6.07, 6.45) is 14.6. The highest BCUT2D eigenvalue weighted by Crippen LogP contribution is 2.32. The van der Waals surface area contributed by atoms with E-state index < -0.39 is 0 Å². The molecule has 0 atom stereocenters. The second-order valence-electron chi connectivity index (χ2n) is 7.52. The summed E-state index contributed by atoms with van der Waals surface area (Å²) in [6.45, 7) is 3.35. The first-order valence-corrected chi connectivity index (χ1v) is 9.99. The van der Waals surface area contributed by atoms with Crippen LogP contribution in [0.4, 0.5) is 5.82 Å². The molecule has 152 valence electrons. The van der Waals surface area contributed by atoms with Crippen LogP contribution < -0.4 is 4.90 Å². The molecule has 0 bridgehead atoms. The lowest BCUT2D eigenvalue weighted by Gasteiger charge is -2.33. The molecule has 1 saturated heterocycles. The van der Waals surface area contributed by atoms with E-state index in [1.807, 2.05) is 48.9 Å². The standard InChI is InChI=1S/C23H20N8/c1-3-29-6-8-30(9-7-29)22-5-4-17(12-25-22)21-10-18(20-14-26-28(2)15-20)16-31-23(21)19(11-24)13-27-31/h1,4-5,10,12-16H,6-9H2,2H3. The van der Waals surface area contributed by atoms with Gasteiger partial charge in [0.25, 0.3) is 0 Å². The third kappa shape index (κ3) is 3.34. The SMILES string of the molecule is C#CN1CCN(c2ccc(-c3cc(-c4cnn(C)c4)cn4ncc(C#N)c34)cn2)CC1. The molecule has 0 radical (unpaired) electrons. The summed E-state index contributed by atoms with van der Waals surface area (Å²) in [5.41, 5.74) is 5.09. The van der Waals surface area contributed by atoms with E-state index in [4.69, 9.17) is 11.4 Å². The Balaban J connectivity index is 1.55. The maximum absolute atomic E-state index is 9.58. The van der Waals surface area contributed by atoms with E-state index in [-0.39, 0.29) is 0 Å². The molecule has 5 heterocycles. The smallest absolute Gasteiger partial charge is 0.128 e.